The largest absolute Gasteiger partial charge is 0.377 e. The molecule has 1 spiro atoms. The number of hydrogen-bond acceptors (Lipinski definition) is 7. The summed E-state index contributed by atoms with van der Waals surface area (Å²) >= 11 is 1.42. The van der Waals surface area contributed by atoms with E-state index < -0.39 is 0 Å². The number of ether oxygens (including phenoxy) is 2. The van der Waals surface area contributed by atoms with Crippen LogP contribution in [0.25, 0.3) is 0 Å². The summed E-state index contributed by atoms with van der Waals surface area (Å²) in [5, 5.41) is 6.20. The van der Waals surface area contributed by atoms with Crippen LogP contribution in [0.2, 0.25) is 0 Å². The van der Waals surface area contributed by atoms with Crippen LogP contribution in [0.1, 0.15) is 18.5 Å². The van der Waals surface area contributed by atoms with Gasteiger partial charge in [0.25, 0.3) is 0 Å². The van der Waals surface area contributed by atoms with E-state index in [-0.39, 0.29) is 5.60 Å². The van der Waals surface area contributed by atoms with Gasteiger partial charge in [-0.2, -0.15) is 0 Å². The van der Waals surface area contributed by atoms with Gasteiger partial charge in [0.1, 0.15) is 5.60 Å². The van der Waals surface area contributed by atoms with Crippen LogP contribution in [0.15, 0.2) is 5.38 Å². The van der Waals surface area contributed by atoms with E-state index in [0.717, 1.165) is 57.5 Å². The standard InChI is InChI=1S/C15H24N4O2S/c1-2-13(1)7-18-3-5-20-12-15(10-18)11-19(4-6-21-15)8-14-9-22-17-16-14/h9,13H,1-8,10-12H2. The highest BCUT2D eigenvalue weighted by molar-refractivity contribution is 7.03. The Morgan fingerprint density at radius 3 is 2.91 bits per heavy atom. The van der Waals surface area contributed by atoms with Gasteiger partial charge in [-0.25, -0.2) is 0 Å². The summed E-state index contributed by atoms with van der Waals surface area (Å²) in [4.78, 5) is 4.99. The van der Waals surface area contributed by atoms with Crippen LogP contribution in [0, 0.1) is 5.92 Å². The molecule has 0 bridgehead atoms. The van der Waals surface area contributed by atoms with Crippen molar-refractivity contribution < 1.29 is 9.47 Å². The number of aromatic nitrogens is 2. The normalized spacial score (nSPS) is 31.5. The topological polar surface area (TPSA) is 50.7 Å². The second-order valence-electron chi connectivity index (χ2n) is 6.87. The molecule has 1 aromatic heterocycles. The molecule has 1 saturated carbocycles. The lowest BCUT2D eigenvalue weighted by Crippen LogP contribution is -2.58. The van der Waals surface area contributed by atoms with E-state index in [4.69, 9.17) is 9.47 Å². The van der Waals surface area contributed by atoms with Crippen LogP contribution in [-0.4, -0.2) is 77.5 Å². The lowest BCUT2D eigenvalue weighted by molar-refractivity contribution is -0.143. The molecule has 2 saturated heterocycles. The quantitative estimate of drug-likeness (QED) is 0.818. The highest BCUT2D eigenvalue weighted by Crippen LogP contribution is 2.31. The van der Waals surface area contributed by atoms with Gasteiger partial charge in [-0.3, -0.25) is 9.80 Å². The van der Waals surface area contributed by atoms with Gasteiger partial charge in [0.15, 0.2) is 0 Å². The van der Waals surface area contributed by atoms with Gasteiger partial charge >= 0.3 is 0 Å². The Morgan fingerprint density at radius 2 is 2.09 bits per heavy atom. The Balaban J connectivity index is 1.41. The zero-order chi connectivity index (χ0) is 14.8. The maximum Gasteiger partial charge on any atom is 0.117 e. The third kappa shape index (κ3) is 3.65. The molecule has 122 valence electrons. The first-order chi connectivity index (χ1) is 10.8. The zero-order valence-electron chi connectivity index (χ0n) is 12.9. The van der Waals surface area contributed by atoms with Crippen LogP contribution >= 0.6 is 11.5 Å². The molecule has 0 amide bonds. The van der Waals surface area contributed by atoms with Crippen LogP contribution in [0.4, 0.5) is 0 Å². The SMILES string of the molecule is c1snnc1CN1CCOC2(COCCN(CC3CC3)C2)C1. The molecule has 1 atom stereocenters. The van der Waals surface area contributed by atoms with Crippen LogP contribution in [0.5, 0.6) is 0 Å². The van der Waals surface area contributed by atoms with Crippen LogP contribution in [-0.2, 0) is 16.0 Å². The average molecular weight is 324 g/mol. The van der Waals surface area contributed by atoms with E-state index in [2.05, 4.69) is 19.4 Å². The summed E-state index contributed by atoms with van der Waals surface area (Å²) in [5.74, 6) is 0.913. The molecule has 1 aliphatic carbocycles. The third-order valence-electron chi connectivity index (χ3n) is 4.76. The Hall–Kier alpha value is -0.600. The van der Waals surface area contributed by atoms with Crippen molar-refractivity contribution in [3.63, 3.8) is 0 Å². The van der Waals surface area contributed by atoms with Crippen molar-refractivity contribution >= 4 is 11.5 Å². The Kier molecular flexibility index (Phi) is 4.41. The lowest BCUT2D eigenvalue weighted by atomic mass is 10.0. The van der Waals surface area contributed by atoms with E-state index in [1.807, 2.05) is 5.38 Å². The molecule has 22 heavy (non-hydrogen) atoms. The van der Waals surface area contributed by atoms with Crippen LogP contribution in [0.3, 0.4) is 0 Å². The van der Waals surface area contributed by atoms with E-state index in [9.17, 15) is 0 Å². The molecular formula is C15H24N4O2S. The first-order valence-corrected chi connectivity index (χ1v) is 9.07. The van der Waals surface area contributed by atoms with E-state index >= 15 is 0 Å². The van der Waals surface area contributed by atoms with Crippen molar-refractivity contribution in [1.82, 2.24) is 19.4 Å². The second kappa shape index (κ2) is 6.49. The summed E-state index contributed by atoms with van der Waals surface area (Å²) in [5.41, 5.74) is 0.888. The van der Waals surface area contributed by atoms with Gasteiger partial charge in [0.05, 0.1) is 25.5 Å². The van der Waals surface area contributed by atoms with E-state index in [1.165, 1.54) is 30.9 Å². The van der Waals surface area contributed by atoms with Gasteiger partial charge in [-0.05, 0) is 30.3 Å². The minimum absolute atomic E-state index is 0.174. The molecule has 6 nitrogen and oxygen atoms in total. The summed E-state index contributed by atoms with van der Waals surface area (Å²) < 4.78 is 16.1. The molecule has 1 unspecified atom stereocenters. The first kappa shape index (κ1) is 15.0. The maximum atomic E-state index is 6.23. The van der Waals surface area contributed by atoms with Gasteiger partial charge in [-0.15, -0.1) is 5.10 Å². The smallest absolute Gasteiger partial charge is 0.117 e. The zero-order valence-corrected chi connectivity index (χ0v) is 13.8. The summed E-state index contributed by atoms with van der Waals surface area (Å²) in [6.45, 7) is 8.31. The summed E-state index contributed by atoms with van der Waals surface area (Å²) in [6.07, 6.45) is 2.79. The van der Waals surface area contributed by atoms with Crippen LogP contribution < -0.4 is 0 Å². The minimum atomic E-state index is -0.174. The minimum Gasteiger partial charge on any atom is -0.377 e. The van der Waals surface area contributed by atoms with Crippen molar-refractivity contribution in [2.45, 2.75) is 25.0 Å². The number of morpholine rings is 1. The van der Waals surface area contributed by atoms with Crippen molar-refractivity contribution in [3.8, 4) is 0 Å². The average Bonchev–Trinajstić information content (AvgIpc) is 3.22. The fourth-order valence-electron chi connectivity index (χ4n) is 3.53. The molecule has 2 aliphatic heterocycles. The van der Waals surface area contributed by atoms with E-state index in [0.29, 0.717) is 6.61 Å². The fraction of sp³-hybridized carbons (Fsp3) is 0.867. The molecule has 7 heteroatoms. The molecule has 1 aromatic rings. The van der Waals surface area contributed by atoms with Gasteiger partial charge < -0.3 is 9.47 Å². The second-order valence-corrected chi connectivity index (χ2v) is 7.48. The van der Waals surface area contributed by atoms with Crippen molar-refractivity contribution in [2.24, 2.45) is 5.92 Å². The summed E-state index contributed by atoms with van der Waals surface area (Å²) in [7, 11) is 0. The molecular weight excluding hydrogens is 300 g/mol. The predicted molar refractivity (Wildman–Crippen MR) is 83.9 cm³/mol. The Bertz CT molecular complexity index is 482. The van der Waals surface area contributed by atoms with Gasteiger partial charge in [0.2, 0.25) is 0 Å². The lowest BCUT2D eigenvalue weighted by Gasteiger charge is -2.43. The molecule has 3 fully saturated rings. The van der Waals surface area contributed by atoms with Crippen molar-refractivity contribution in [1.29, 1.82) is 0 Å². The monoisotopic (exact) mass is 324 g/mol. The molecule has 0 radical (unpaired) electrons. The molecule has 4 rings (SSSR count). The Morgan fingerprint density at radius 1 is 1.23 bits per heavy atom. The summed E-state index contributed by atoms with van der Waals surface area (Å²) in [6, 6.07) is 0. The fourth-order valence-corrected chi connectivity index (χ4v) is 3.97. The maximum absolute atomic E-state index is 6.23. The highest BCUT2D eigenvalue weighted by atomic mass is 32.1. The first-order valence-electron chi connectivity index (χ1n) is 8.24. The van der Waals surface area contributed by atoms with Crippen molar-refractivity contribution in [2.75, 3.05) is 52.5 Å². The van der Waals surface area contributed by atoms with Gasteiger partial charge in [-0.1, -0.05) is 4.49 Å². The molecule has 3 heterocycles. The predicted octanol–water partition coefficient (Wildman–Crippen LogP) is 0.851. The molecule has 0 N–H and O–H groups in total. The highest BCUT2D eigenvalue weighted by Gasteiger charge is 2.41. The number of rotatable bonds is 4. The number of nitrogens with zero attached hydrogens (tertiary/aromatic N) is 4. The van der Waals surface area contributed by atoms with Crippen molar-refractivity contribution in [3.05, 3.63) is 11.1 Å². The Labute approximate surface area is 135 Å². The number of hydrogen-bond donors (Lipinski definition) is 0. The third-order valence-corrected chi connectivity index (χ3v) is 5.31. The molecule has 0 aromatic carbocycles. The van der Waals surface area contributed by atoms with E-state index in [1.54, 1.807) is 0 Å². The molecule has 3 aliphatic rings. The van der Waals surface area contributed by atoms with Gasteiger partial charge in [0, 0.05) is 44.6 Å².